The van der Waals surface area contributed by atoms with Crippen LogP contribution in [0.5, 0.6) is 0 Å². The lowest BCUT2D eigenvalue weighted by atomic mass is 9.85. The second-order valence-corrected chi connectivity index (χ2v) is 5.15. The summed E-state index contributed by atoms with van der Waals surface area (Å²) < 4.78 is 4.90. The van der Waals surface area contributed by atoms with Gasteiger partial charge in [0, 0.05) is 19.1 Å². The number of amides is 1. The Morgan fingerprint density at radius 2 is 2.28 bits per heavy atom. The van der Waals surface area contributed by atoms with Crippen LogP contribution < -0.4 is 5.32 Å². The van der Waals surface area contributed by atoms with E-state index in [1.165, 1.54) is 0 Å². The highest BCUT2D eigenvalue weighted by atomic mass is 16.5. The van der Waals surface area contributed by atoms with Crippen molar-refractivity contribution in [2.75, 3.05) is 26.2 Å². The third-order valence-electron chi connectivity index (χ3n) is 3.39. The van der Waals surface area contributed by atoms with Crippen molar-refractivity contribution in [3.8, 4) is 6.07 Å². The van der Waals surface area contributed by atoms with Crippen LogP contribution in [-0.2, 0) is 4.74 Å². The van der Waals surface area contributed by atoms with Crippen molar-refractivity contribution >= 4 is 6.09 Å². The summed E-state index contributed by atoms with van der Waals surface area (Å²) in [6.07, 6.45) is 0.599. The van der Waals surface area contributed by atoms with E-state index in [1.54, 1.807) is 6.92 Å². The lowest BCUT2D eigenvalue weighted by Crippen LogP contribution is -2.51. The molecule has 0 spiro atoms. The van der Waals surface area contributed by atoms with Gasteiger partial charge in [-0.15, -0.1) is 0 Å². The van der Waals surface area contributed by atoms with Crippen LogP contribution in [0.25, 0.3) is 0 Å². The molecule has 2 atom stereocenters. The van der Waals surface area contributed by atoms with Crippen LogP contribution in [-0.4, -0.2) is 43.3 Å². The minimum atomic E-state index is -0.358. The number of rotatable bonds is 4. The first-order chi connectivity index (χ1) is 8.56. The third kappa shape index (κ3) is 4.53. The highest BCUT2D eigenvalue weighted by Gasteiger charge is 2.29. The second-order valence-electron chi connectivity index (χ2n) is 5.15. The van der Waals surface area contributed by atoms with Crippen LogP contribution in [0, 0.1) is 23.2 Å². The molecule has 0 radical (unpaired) electrons. The van der Waals surface area contributed by atoms with E-state index in [0.29, 0.717) is 25.0 Å². The average molecular weight is 253 g/mol. The van der Waals surface area contributed by atoms with Gasteiger partial charge in [-0.05, 0) is 25.2 Å². The van der Waals surface area contributed by atoms with Gasteiger partial charge in [0.2, 0.25) is 0 Å². The molecule has 5 nitrogen and oxygen atoms in total. The van der Waals surface area contributed by atoms with Gasteiger partial charge in [0.1, 0.15) is 0 Å². The van der Waals surface area contributed by atoms with E-state index in [1.807, 2.05) is 0 Å². The maximum atomic E-state index is 11.4. The van der Waals surface area contributed by atoms with Gasteiger partial charge in [0.05, 0.1) is 19.2 Å². The number of hydrogen-bond donors (Lipinski definition) is 1. The Kier molecular flexibility index (Phi) is 5.93. The maximum absolute atomic E-state index is 11.4. The van der Waals surface area contributed by atoms with Gasteiger partial charge >= 0.3 is 6.09 Å². The van der Waals surface area contributed by atoms with Crippen molar-refractivity contribution < 1.29 is 9.53 Å². The summed E-state index contributed by atoms with van der Waals surface area (Å²) in [6, 6.07) is 2.26. The molecular formula is C13H23N3O2. The lowest BCUT2D eigenvalue weighted by molar-refractivity contribution is 0.110. The molecule has 0 aromatic rings. The number of piperidine rings is 1. The molecule has 5 heteroatoms. The molecule has 1 rings (SSSR count). The van der Waals surface area contributed by atoms with E-state index >= 15 is 0 Å². The SMILES string of the molecule is CCOC(=O)NC1CC(C(C)C)CN(CC#N)C1. The Hall–Kier alpha value is -1.28. The minimum absolute atomic E-state index is 0.0820. The molecule has 0 saturated carbocycles. The molecule has 0 aromatic heterocycles. The second kappa shape index (κ2) is 7.22. The van der Waals surface area contributed by atoms with E-state index in [0.717, 1.165) is 19.5 Å². The van der Waals surface area contributed by atoms with Gasteiger partial charge in [0.15, 0.2) is 0 Å². The Morgan fingerprint density at radius 1 is 1.56 bits per heavy atom. The number of likely N-dealkylation sites (tertiary alicyclic amines) is 1. The molecular weight excluding hydrogens is 230 g/mol. The highest BCUT2D eigenvalue weighted by Crippen LogP contribution is 2.23. The molecule has 1 aliphatic rings. The Balaban J connectivity index is 2.55. The largest absolute Gasteiger partial charge is 0.450 e. The number of ether oxygens (including phenoxy) is 1. The lowest BCUT2D eigenvalue weighted by Gasteiger charge is -2.38. The Labute approximate surface area is 109 Å². The highest BCUT2D eigenvalue weighted by molar-refractivity contribution is 5.67. The van der Waals surface area contributed by atoms with Crippen LogP contribution in [0.1, 0.15) is 27.2 Å². The normalized spacial score (nSPS) is 24.6. The predicted octanol–water partition coefficient (Wildman–Crippen LogP) is 1.60. The van der Waals surface area contributed by atoms with Crippen molar-refractivity contribution in [3.63, 3.8) is 0 Å². The van der Waals surface area contributed by atoms with Crippen LogP contribution in [0.15, 0.2) is 0 Å². The summed E-state index contributed by atoms with van der Waals surface area (Å²) in [5, 5.41) is 11.7. The van der Waals surface area contributed by atoms with E-state index in [4.69, 9.17) is 10.00 Å². The molecule has 2 unspecified atom stereocenters. The fourth-order valence-electron chi connectivity index (χ4n) is 2.39. The van der Waals surface area contributed by atoms with Crippen molar-refractivity contribution in [2.45, 2.75) is 33.2 Å². The van der Waals surface area contributed by atoms with Gasteiger partial charge in [-0.3, -0.25) is 4.90 Å². The number of nitriles is 1. The van der Waals surface area contributed by atoms with E-state index in [2.05, 4.69) is 30.1 Å². The molecule has 1 fully saturated rings. The monoisotopic (exact) mass is 253 g/mol. The predicted molar refractivity (Wildman–Crippen MR) is 68.9 cm³/mol. The molecule has 0 bridgehead atoms. The van der Waals surface area contributed by atoms with Gasteiger partial charge in [-0.25, -0.2) is 4.79 Å². The van der Waals surface area contributed by atoms with Crippen molar-refractivity contribution in [1.82, 2.24) is 10.2 Å². The van der Waals surface area contributed by atoms with Crippen molar-refractivity contribution in [1.29, 1.82) is 5.26 Å². The van der Waals surface area contributed by atoms with Crippen molar-refractivity contribution in [3.05, 3.63) is 0 Å². The molecule has 1 heterocycles. The van der Waals surface area contributed by atoms with Gasteiger partial charge in [-0.1, -0.05) is 13.8 Å². The molecule has 18 heavy (non-hydrogen) atoms. The Morgan fingerprint density at radius 3 is 2.83 bits per heavy atom. The average Bonchev–Trinajstić information content (AvgIpc) is 2.29. The minimum Gasteiger partial charge on any atom is -0.450 e. The summed E-state index contributed by atoms with van der Waals surface area (Å²) in [7, 11) is 0. The summed E-state index contributed by atoms with van der Waals surface area (Å²) >= 11 is 0. The van der Waals surface area contributed by atoms with Crippen molar-refractivity contribution in [2.24, 2.45) is 11.8 Å². The third-order valence-corrected chi connectivity index (χ3v) is 3.39. The zero-order valence-electron chi connectivity index (χ0n) is 11.5. The zero-order chi connectivity index (χ0) is 13.5. The first-order valence-corrected chi connectivity index (χ1v) is 6.59. The van der Waals surface area contributed by atoms with Gasteiger partial charge in [-0.2, -0.15) is 5.26 Å². The molecule has 1 saturated heterocycles. The smallest absolute Gasteiger partial charge is 0.407 e. The maximum Gasteiger partial charge on any atom is 0.407 e. The van der Waals surface area contributed by atoms with Crippen LogP contribution in [0.2, 0.25) is 0 Å². The van der Waals surface area contributed by atoms with Crippen LogP contribution in [0.4, 0.5) is 4.79 Å². The molecule has 1 aliphatic heterocycles. The first-order valence-electron chi connectivity index (χ1n) is 6.59. The quantitative estimate of drug-likeness (QED) is 0.773. The molecule has 102 valence electrons. The number of alkyl carbamates (subject to hydrolysis) is 1. The molecule has 0 aromatic carbocycles. The fourth-order valence-corrected chi connectivity index (χ4v) is 2.39. The van der Waals surface area contributed by atoms with E-state index in [9.17, 15) is 4.79 Å². The summed E-state index contributed by atoms with van der Waals surface area (Å²) in [6.45, 7) is 8.63. The van der Waals surface area contributed by atoms with Gasteiger partial charge < -0.3 is 10.1 Å². The fraction of sp³-hybridized carbons (Fsp3) is 0.846. The van der Waals surface area contributed by atoms with Crippen LogP contribution >= 0.6 is 0 Å². The zero-order valence-corrected chi connectivity index (χ0v) is 11.5. The summed E-state index contributed by atoms with van der Waals surface area (Å²) in [4.78, 5) is 13.5. The topological polar surface area (TPSA) is 65.4 Å². The number of nitrogens with one attached hydrogen (secondary N) is 1. The van der Waals surface area contributed by atoms with E-state index in [-0.39, 0.29) is 12.1 Å². The molecule has 1 N–H and O–H groups in total. The summed E-state index contributed by atoms with van der Waals surface area (Å²) in [5.41, 5.74) is 0. The Bertz CT molecular complexity index is 312. The number of nitrogens with zero attached hydrogens (tertiary/aromatic N) is 2. The number of carbonyl (C=O) groups excluding carboxylic acids is 1. The number of hydrogen-bond acceptors (Lipinski definition) is 4. The van der Waals surface area contributed by atoms with Gasteiger partial charge in [0.25, 0.3) is 0 Å². The van der Waals surface area contributed by atoms with E-state index < -0.39 is 0 Å². The molecule has 0 aliphatic carbocycles. The van der Waals surface area contributed by atoms with Crippen LogP contribution in [0.3, 0.4) is 0 Å². The molecule has 1 amide bonds. The summed E-state index contributed by atoms with van der Waals surface area (Å²) in [5.74, 6) is 1.07. The standard InChI is InChI=1S/C13H23N3O2/c1-4-18-13(17)15-12-7-11(10(2)3)8-16(9-12)6-5-14/h10-12H,4,6-9H2,1-3H3,(H,15,17). The number of carbonyl (C=O) groups is 1. The first kappa shape index (κ1) is 14.8.